The minimum Gasteiger partial charge on any atom is -0.444 e. The first kappa shape index (κ1) is 22.9. The van der Waals surface area contributed by atoms with Gasteiger partial charge in [0.2, 0.25) is 0 Å². The first-order valence-electron chi connectivity index (χ1n) is 12.1. The molecule has 0 aliphatic carbocycles. The summed E-state index contributed by atoms with van der Waals surface area (Å²) >= 11 is 6.22. The van der Waals surface area contributed by atoms with E-state index in [2.05, 4.69) is 19.4 Å². The average Bonchev–Trinajstić information content (AvgIpc) is 3.48. The summed E-state index contributed by atoms with van der Waals surface area (Å²) in [5.41, 5.74) is 0.554. The minimum atomic E-state index is -0.454. The maximum atomic E-state index is 12.5. The van der Waals surface area contributed by atoms with Gasteiger partial charge in [-0.25, -0.2) is 14.8 Å². The summed E-state index contributed by atoms with van der Waals surface area (Å²) in [6.07, 6.45) is 9.89. The van der Waals surface area contributed by atoms with Crippen molar-refractivity contribution in [3.05, 3.63) is 23.7 Å². The number of hydrogen-bond acceptors (Lipinski definition) is 6. The molecule has 2 aromatic heterocycles. The van der Waals surface area contributed by atoms with Crippen LogP contribution in [-0.2, 0) is 9.47 Å². The molecule has 3 aliphatic rings. The predicted octanol–water partition coefficient (Wildman–Crippen LogP) is 4.63. The lowest BCUT2D eigenvalue weighted by atomic mass is 9.85. The Hall–Kier alpha value is -1.90. The van der Waals surface area contributed by atoms with E-state index in [1.165, 1.54) is 19.2 Å². The molecule has 0 saturated carbocycles. The lowest BCUT2D eigenvalue weighted by Crippen LogP contribution is -2.55. The first-order valence-corrected chi connectivity index (χ1v) is 12.5. The summed E-state index contributed by atoms with van der Waals surface area (Å²) < 4.78 is 14.2. The van der Waals surface area contributed by atoms with E-state index in [9.17, 15) is 4.79 Å². The largest absolute Gasteiger partial charge is 0.444 e. The third-order valence-corrected chi connectivity index (χ3v) is 7.67. The Bertz CT molecular complexity index is 1010. The number of ether oxygens (including phenoxy) is 2. The number of aromatic nitrogens is 3. The lowest BCUT2D eigenvalue weighted by molar-refractivity contribution is -0.0364. The van der Waals surface area contributed by atoms with Gasteiger partial charge in [0, 0.05) is 31.4 Å². The third kappa shape index (κ3) is 4.57. The maximum absolute atomic E-state index is 12.5. The summed E-state index contributed by atoms with van der Waals surface area (Å²) in [7, 11) is 0. The Morgan fingerprint density at radius 1 is 1.21 bits per heavy atom. The van der Waals surface area contributed by atoms with Gasteiger partial charge >= 0.3 is 6.09 Å². The van der Waals surface area contributed by atoms with Gasteiger partial charge in [0.1, 0.15) is 29.0 Å². The third-order valence-electron chi connectivity index (χ3n) is 7.37. The number of amides is 1. The SMILES string of the molecule is CC(C)(C)OC(=O)N1CCC2(CCCN2CC2CCC(n3ccc4c(Cl)ncnc43)O2)CC1. The van der Waals surface area contributed by atoms with Crippen molar-refractivity contribution in [1.29, 1.82) is 0 Å². The van der Waals surface area contributed by atoms with E-state index in [4.69, 9.17) is 21.1 Å². The number of carbonyl (C=O) groups is 1. The van der Waals surface area contributed by atoms with Crippen LogP contribution in [0.2, 0.25) is 5.15 Å². The van der Waals surface area contributed by atoms with Gasteiger partial charge in [0.05, 0.1) is 11.5 Å². The standard InChI is InChI=1S/C24H34ClN5O3/c1-23(2,3)33-22(31)28-13-9-24(10-14-28)8-4-11-29(24)15-17-5-6-19(32-17)30-12-7-18-20(25)26-16-27-21(18)30/h7,12,16-17,19H,4-6,8-11,13-15H2,1-3H3. The van der Waals surface area contributed by atoms with Gasteiger partial charge < -0.3 is 18.9 Å². The number of carbonyl (C=O) groups excluding carboxylic acids is 1. The van der Waals surface area contributed by atoms with Gasteiger partial charge in [0.25, 0.3) is 0 Å². The molecule has 0 radical (unpaired) electrons. The molecule has 1 spiro atoms. The number of fused-ring (bicyclic) bond motifs is 1. The molecular weight excluding hydrogens is 442 g/mol. The molecule has 5 rings (SSSR count). The van der Waals surface area contributed by atoms with Crippen LogP contribution in [0.15, 0.2) is 18.6 Å². The van der Waals surface area contributed by atoms with E-state index in [0.29, 0.717) is 5.15 Å². The molecule has 9 heteroatoms. The fourth-order valence-corrected chi connectivity index (χ4v) is 5.91. The normalized spacial score (nSPS) is 25.9. The van der Waals surface area contributed by atoms with Crippen LogP contribution < -0.4 is 0 Å². The summed E-state index contributed by atoms with van der Waals surface area (Å²) in [5, 5.41) is 1.34. The molecule has 33 heavy (non-hydrogen) atoms. The fourth-order valence-electron chi connectivity index (χ4n) is 5.72. The van der Waals surface area contributed by atoms with E-state index < -0.39 is 5.60 Å². The highest BCUT2D eigenvalue weighted by atomic mass is 35.5. The molecule has 3 saturated heterocycles. The van der Waals surface area contributed by atoms with Gasteiger partial charge in [-0.15, -0.1) is 0 Å². The molecule has 0 bridgehead atoms. The highest BCUT2D eigenvalue weighted by molar-refractivity contribution is 6.33. The monoisotopic (exact) mass is 475 g/mol. The lowest BCUT2D eigenvalue weighted by Gasteiger charge is -2.45. The van der Waals surface area contributed by atoms with E-state index in [0.717, 1.165) is 62.9 Å². The van der Waals surface area contributed by atoms with Crippen LogP contribution in [-0.4, -0.2) is 73.9 Å². The van der Waals surface area contributed by atoms with Crippen molar-refractivity contribution in [2.24, 2.45) is 0 Å². The zero-order valence-electron chi connectivity index (χ0n) is 19.8. The second kappa shape index (κ2) is 8.71. The van der Waals surface area contributed by atoms with Crippen molar-refractivity contribution in [1.82, 2.24) is 24.3 Å². The van der Waals surface area contributed by atoms with Crippen LogP contribution >= 0.6 is 11.6 Å². The molecule has 5 heterocycles. The number of halogens is 1. The van der Waals surface area contributed by atoms with E-state index >= 15 is 0 Å². The molecule has 3 fully saturated rings. The van der Waals surface area contributed by atoms with Gasteiger partial charge in [-0.2, -0.15) is 0 Å². The van der Waals surface area contributed by atoms with Crippen LogP contribution in [0.3, 0.4) is 0 Å². The van der Waals surface area contributed by atoms with Crippen molar-refractivity contribution in [3.63, 3.8) is 0 Å². The summed E-state index contributed by atoms with van der Waals surface area (Å²) in [6, 6.07) is 1.96. The van der Waals surface area contributed by atoms with Crippen LogP contribution in [0, 0.1) is 0 Å². The van der Waals surface area contributed by atoms with Crippen LogP contribution in [0.25, 0.3) is 11.0 Å². The van der Waals surface area contributed by atoms with Crippen molar-refractivity contribution >= 4 is 28.7 Å². The first-order chi connectivity index (χ1) is 15.7. The Morgan fingerprint density at radius 2 is 2.00 bits per heavy atom. The van der Waals surface area contributed by atoms with Gasteiger partial charge in [-0.05, 0) is 71.9 Å². The van der Waals surface area contributed by atoms with Crippen LogP contribution in [0.1, 0.15) is 65.5 Å². The molecule has 0 N–H and O–H groups in total. The summed E-state index contributed by atoms with van der Waals surface area (Å²) in [4.78, 5) is 25.5. The molecular formula is C24H34ClN5O3. The minimum absolute atomic E-state index is 0.0222. The number of nitrogens with zero attached hydrogens (tertiary/aromatic N) is 5. The molecule has 180 valence electrons. The smallest absolute Gasteiger partial charge is 0.410 e. The molecule has 8 nitrogen and oxygen atoms in total. The zero-order chi connectivity index (χ0) is 23.2. The van der Waals surface area contributed by atoms with Gasteiger partial charge in [-0.1, -0.05) is 11.6 Å². The van der Waals surface area contributed by atoms with Crippen LogP contribution in [0.5, 0.6) is 0 Å². The predicted molar refractivity (Wildman–Crippen MR) is 126 cm³/mol. The number of likely N-dealkylation sites (tertiary alicyclic amines) is 2. The second-order valence-corrected chi connectivity index (χ2v) is 11.0. The topological polar surface area (TPSA) is 72.7 Å². The quantitative estimate of drug-likeness (QED) is 0.603. The molecule has 3 aliphatic heterocycles. The van der Waals surface area contributed by atoms with Crippen molar-refractivity contribution in [3.8, 4) is 0 Å². The Balaban J connectivity index is 1.20. The molecule has 2 aromatic rings. The van der Waals surface area contributed by atoms with Gasteiger partial charge in [0.15, 0.2) is 0 Å². The zero-order valence-corrected chi connectivity index (χ0v) is 20.6. The van der Waals surface area contributed by atoms with Crippen molar-refractivity contribution in [2.75, 3.05) is 26.2 Å². The van der Waals surface area contributed by atoms with E-state index in [1.54, 1.807) is 0 Å². The van der Waals surface area contributed by atoms with Crippen molar-refractivity contribution < 1.29 is 14.3 Å². The molecule has 2 unspecified atom stereocenters. The summed E-state index contributed by atoms with van der Waals surface area (Å²) in [5.74, 6) is 0. The molecule has 2 atom stereocenters. The maximum Gasteiger partial charge on any atom is 0.410 e. The highest BCUT2D eigenvalue weighted by Gasteiger charge is 2.45. The number of hydrogen-bond donors (Lipinski definition) is 0. The van der Waals surface area contributed by atoms with E-state index in [1.807, 2.05) is 37.9 Å². The average molecular weight is 476 g/mol. The molecule has 1 amide bonds. The van der Waals surface area contributed by atoms with Crippen molar-refractivity contribution in [2.45, 2.75) is 82.8 Å². The highest BCUT2D eigenvalue weighted by Crippen LogP contribution is 2.40. The van der Waals surface area contributed by atoms with Crippen LogP contribution in [0.4, 0.5) is 4.79 Å². The Kier molecular flexibility index (Phi) is 6.04. The summed E-state index contributed by atoms with van der Waals surface area (Å²) in [6.45, 7) is 9.32. The molecule has 0 aromatic carbocycles. The fraction of sp³-hybridized carbons (Fsp3) is 0.708. The van der Waals surface area contributed by atoms with Gasteiger partial charge in [-0.3, -0.25) is 4.90 Å². The number of piperidine rings is 1. The number of rotatable bonds is 3. The second-order valence-electron chi connectivity index (χ2n) is 10.7. The Morgan fingerprint density at radius 3 is 2.76 bits per heavy atom. The van der Waals surface area contributed by atoms with E-state index in [-0.39, 0.29) is 24.0 Å². The Labute approximate surface area is 200 Å².